The third kappa shape index (κ3) is 4.14. The number of carbonyl (C=O) groups excluding carboxylic acids is 1. The Hall–Kier alpha value is -1.95. The highest BCUT2D eigenvalue weighted by molar-refractivity contribution is 5.87. The van der Waals surface area contributed by atoms with Crippen LogP contribution in [0.2, 0.25) is 0 Å². The van der Waals surface area contributed by atoms with E-state index in [0.29, 0.717) is 25.1 Å². The van der Waals surface area contributed by atoms with Crippen LogP contribution in [0.25, 0.3) is 0 Å². The molecule has 3 N–H and O–H groups in total. The zero-order valence-electron chi connectivity index (χ0n) is 10.00. The number of benzene rings is 1. The van der Waals surface area contributed by atoms with Gasteiger partial charge in [-0.2, -0.15) is 0 Å². The maximum atomic E-state index is 13.3. The van der Waals surface area contributed by atoms with Crippen molar-refractivity contribution in [3.8, 4) is 0 Å². The van der Waals surface area contributed by atoms with Crippen LogP contribution in [0.5, 0.6) is 0 Å². The van der Waals surface area contributed by atoms with E-state index in [4.69, 9.17) is 5.11 Å². The smallest absolute Gasteiger partial charge is 0.338 e. The Bertz CT molecular complexity index is 449. The maximum Gasteiger partial charge on any atom is 0.338 e. The average Bonchev–Trinajstić information content (AvgIpc) is 2.34. The van der Waals surface area contributed by atoms with Gasteiger partial charge in [0, 0.05) is 26.6 Å². The molecule has 0 fully saturated rings. The topological polar surface area (TPSA) is 78.4 Å². The molecular formula is C12H15FN2O3. The quantitative estimate of drug-likeness (QED) is 0.655. The van der Waals surface area contributed by atoms with Gasteiger partial charge in [0.05, 0.1) is 5.56 Å². The van der Waals surface area contributed by atoms with Crippen molar-refractivity contribution < 1.29 is 19.1 Å². The predicted molar refractivity (Wildman–Crippen MR) is 63.7 cm³/mol. The Kier molecular flexibility index (Phi) is 5.26. The molecule has 0 heterocycles. The van der Waals surface area contributed by atoms with Gasteiger partial charge in [0.25, 0.3) is 0 Å². The van der Waals surface area contributed by atoms with Crippen molar-refractivity contribution in [2.75, 3.05) is 13.6 Å². The SMILES string of the molecule is CNC(=O)CCNCc1ccc(C(=O)O)c(F)c1. The minimum Gasteiger partial charge on any atom is -0.478 e. The van der Waals surface area contributed by atoms with Crippen LogP contribution in [0.15, 0.2) is 18.2 Å². The van der Waals surface area contributed by atoms with Gasteiger partial charge in [0.2, 0.25) is 5.91 Å². The first kappa shape index (κ1) is 14.1. The van der Waals surface area contributed by atoms with Crippen molar-refractivity contribution in [1.29, 1.82) is 0 Å². The van der Waals surface area contributed by atoms with Crippen LogP contribution in [-0.2, 0) is 11.3 Å². The molecule has 0 saturated heterocycles. The number of rotatable bonds is 6. The van der Waals surface area contributed by atoms with E-state index in [2.05, 4.69) is 10.6 Å². The molecule has 0 aliphatic carbocycles. The lowest BCUT2D eigenvalue weighted by atomic mass is 10.1. The molecule has 0 aromatic heterocycles. The highest BCUT2D eigenvalue weighted by Crippen LogP contribution is 2.10. The molecule has 0 aliphatic heterocycles. The molecule has 18 heavy (non-hydrogen) atoms. The van der Waals surface area contributed by atoms with Gasteiger partial charge in [-0.05, 0) is 17.7 Å². The molecule has 0 spiro atoms. The van der Waals surface area contributed by atoms with Gasteiger partial charge in [0.1, 0.15) is 5.82 Å². The Morgan fingerprint density at radius 3 is 2.67 bits per heavy atom. The molecule has 1 amide bonds. The van der Waals surface area contributed by atoms with Crippen LogP contribution in [0.4, 0.5) is 4.39 Å². The number of hydrogen-bond acceptors (Lipinski definition) is 3. The highest BCUT2D eigenvalue weighted by atomic mass is 19.1. The lowest BCUT2D eigenvalue weighted by molar-refractivity contribution is -0.120. The van der Waals surface area contributed by atoms with E-state index in [-0.39, 0.29) is 11.5 Å². The minimum absolute atomic E-state index is 0.0742. The van der Waals surface area contributed by atoms with Crippen molar-refractivity contribution in [1.82, 2.24) is 10.6 Å². The van der Waals surface area contributed by atoms with E-state index < -0.39 is 11.8 Å². The second kappa shape index (κ2) is 6.70. The standard InChI is InChI=1S/C12H15FN2O3/c1-14-11(16)4-5-15-7-8-2-3-9(12(17)18)10(13)6-8/h2-3,6,15H,4-5,7H2,1H3,(H,14,16)(H,17,18). The molecule has 0 bridgehead atoms. The Balaban J connectivity index is 2.46. The van der Waals surface area contributed by atoms with Crippen LogP contribution in [0.1, 0.15) is 22.3 Å². The van der Waals surface area contributed by atoms with E-state index in [0.717, 1.165) is 0 Å². The zero-order valence-corrected chi connectivity index (χ0v) is 10.00. The minimum atomic E-state index is -1.29. The fraction of sp³-hybridized carbons (Fsp3) is 0.333. The predicted octanol–water partition coefficient (Wildman–Crippen LogP) is 0.750. The first-order chi connectivity index (χ1) is 8.54. The van der Waals surface area contributed by atoms with Crippen LogP contribution in [0, 0.1) is 5.82 Å². The largest absolute Gasteiger partial charge is 0.478 e. The van der Waals surface area contributed by atoms with Crippen molar-refractivity contribution in [3.05, 3.63) is 35.1 Å². The molecule has 0 aliphatic rings. The Morgan fingerprint density at radius 1 is 1.39 bits per heavy atom. The summed E-state index contributed by atoms with van der Waals surface area (Å²) in [7, 11) is 1.56. The van der Waals surface area contributed by atoms with Gasteiger partial charge in [0.15, 0.2) is 0 Å². The van der Waals surface area contributed by atoms with Gasteiger partial charge < -0.3 is 15.7 Å². The Morgan fingerprint density at radius 2 is 2.11 bits per heavy atom. The normalized spacial score (nSPS) is 10.1. The fourth-order valence-corrected chi connectivity index (χ4v) is 1.40. The number of carbonyl (C=O) groups is 2. The summed E-state index contributed by atoms with van der Waals surface area (Å²) in [6.07, 6.45) is 0.339. The van der Waals surface area contributed by atoms with Crippen LogP contribution >= 0.6 is 0 Å². The van der Waals surface area contributed by atoms with Crippen molar-refractivity contribution >= 4 is 11.9 Å². The number of hydrogen-bond donors (Lipinski definition) is 3. The first-order valence-electron chi connectivity index (χ1n) is 5.47. The van der Waals surface area contributed by atoms with E-state index in [1.165, 1.54) is 12.1 Å². The highest BCUT2D eigenvalue weighted by Gasteiger charge is 2.10. The molecule has 1 aromatic carbocycles. The second-order valence-corrected chi connectivity index (χ2v) is 3.72. The van der Waals surface area contributed by atoms with Gasteiger partial charge >= 0.3 is 5.97 Å². The molecule has 6 heteroatoms. The maximum absolute atomic E-state index is 13.3. The number of halogens is 1. The Labute approximate surface area is 104 Å². The van der Waals surface area contributed by atoms with E-state index >= 15 is 0 Å². The molecule has 0 atom stereocenters. The first-order valence-corrected chi connectivity index (χ1v) is 5.47. The summed E-state index contributed by atoms with van der Waals surface area (Å²) in [5.74, 6) is -2.12. The molecule has 1 rings (SSSR count). The summed E-state index contributed by atoms with van der Waals surface area (Å²) in [5, 5.41) is 14.1. The van der Waals surface area contributed by atoms with Gasteiger partial charge in [-0.3, -0.25) is 4.79 Å². The molecule has 0 radical (unpaired) electrons. The van der Waals surface area contributed by atoms with Crippen molar-refractivity contribution in [3.63, 3.8) is 0 Å². The summed E-state index contributed by atoms with van der Waals surface area (Å²) in [6, 6.07) is 3.95. The van der Waals surface area contributed by atoms with E-state index in [1.54, 1.807) is 13.1 Å². The zero-order chi connectivity index (χ0) is 13.5. The third-order valence-corrected chi connectivity index (χ3v) is 2.40. The summed E-state index contributed by atoms with van der Waals surface area (Å²) in [6.45, 7) is 0.857. The number of aromatic carboxylic acids is 1. The molecular weight excluding hydrogens is 239 g/mol. The molecule has 98 valence electrons. The van der Waals surface area contributed by atoms with Gasteiger partial charge in [-0.25, -0.2) is 9.18 Å². The second-order valence-electron chi connectivity index (χ2n) is 3.72. The van der Waals surface area contributed by atoms with Crippen LogP contribution < -0.4 is 10.6 Å². The fourth-order valence-electron chi connectivity index (χ4n) is 1.40. The number of carboxylic acid groups (broad SMARTS) is 1. The number of carboxylic acids is 1. The molecule has 0 saturated carbocycles. The summed E-state index contributed by atoms with van der Waals surface area (Å²) >= 11 is 0. The lowest BCUT2D eigenvalue weighted by Crippen LogP contribution is -2.24. The van der Waals surface area contributed by atoms with Crippen molar-refractivity contribution in [2.24, 2.45) is 0 Å². The van der Waals surface area contributed by atoms with Crippen LogP contribution in [0.3, 0.4) is 0 Å². The number of nitrogens with one attached hydrogen (secondary N) is 2. The summed E-state index contributed by atoms with van der Waals surface area (Å²) < 4.78 is 13.3. The lowest BCUT2D eigenvalue weighted by Gasteiger charge is -2.05. The monoisotopic (exact) mass is 254 g/mol. The van der Waals surface area contributed by atoms with Gasteiger partial charge in [-0.1, -0.05) is 6.07 Å². The molecule has 5 nitrogen and oxygen atoms in total. The van der Waals surface area contributed by atoms with Crippen molar-refractivity contribution in [2.45, 2.75) is 13.0 Å². The van der Waals surface area contributed by atoms with Crippen LogP contribution in [-0.4, -0.2) is 30.6 Å². The van der Waals surface area contributed by atoms with E-state index in [1.807, 2.05) is 0 Å². The average molecular weight is 254 g/mol. The molecule has 1 aromatic rings. The van der Waals surface area contributed by atoms with Gasteiger partial charge in [-0.15, -0.1) is 0 Å². The summed E-state index contributed by atoms with van der Waals surface area (Å²) in [5.41, 5.74) is 0.290. The summed E-state index contributed by atoms with van der Waals surface area (Å²) in [4.78, 5) is 21.5. The number of amides is 1. The molecule has 0 unspecified atom stereocenters. The third-order valence-electron chi connectivity index (χ3n) is 2.40. The van der Waals surface area contributed by atoms with E-state index in [9.17, 15) is 14.0 Å².